The van der Waals surface area contributed by atoms with Crippen LogP contribution in [0.15, 0.2) is 54.1 Å². The van der Waals surface area contributed by atoms with Crippen molar-refractivity contribution in [3.8, 4) is 16.3 Å². The second-order valence-electron chi connectivity index (χ2n) is 13.3. The predicted molar refractivity (Wildman–Crippen MR) is 179 cm³/mol. The highest BCUT2D eigenvalue weighted by Crippen LogP contribution is 2.64. The fourth-order valence-corrected chi connectivity index (χ4v) is 10.2. The summed E-state index contributed by atoms with van der Waals surface area (Å²) < 4.78 is 2.59. The van der Waals surface area contributed by atoms with Crippen LogP contribution in [0.2, 0.25) is 10.0 Å². The average molecular weight is 690 g/mol. The van der Waals surface area contributed by atoms with E-state index in [1.807, 2.05) is 31.2 Å². The number of anilines is 1. The average Bonchev–Trinajstić information content (AvgIpc) is 3.70. The summed E-state index contributed by atoms with van der Waals surface area (Å²) in [5.74, 6) is -4.30. The molecule has 0 bridgehead atoms. The van der Waals surface area contributed by atoms with Crippen LogP contribution in [0.1, 0.15) is 36.8 Å². The van der Waals surface area contributed by atoms with Crippen LogP contribution >= 0.6 is 34.5 Å². The summed E-state index contributed by atoms with van der Waals surface area (Å²) in [6, 6.07) is 12.2. The predicted octanol–water partition coefficient (Wildman–Crippen LogP) is 6.48. The molecule has 0 unspecified atom stereocenters. The summed E-state index contributed by atoms with van der Waals surface area (Å²) in [7, 11) is 3.20. The fourth-order valence-electron chi connectivity index (χ4n) is 8.71. The lowest BCUT2D eigenvalue weighted by Crippen LogP contribution is -2.48. The summed E-state index contributed by atoms with van der Waals surface area (Å²) in [5, 5.41) is 18.0. The Morgan fingerprint density at radius 3 is 2.45 bits per heavy atom. The Hall–Kier alpha value is -3.99. The lowest BCUT2D eigenvalue weighted by molar-refractivity contribution is -0.138. The molecule has 12 heteroatoms. The quantitative estimate of drug-likeness (QED) is 0.195. The first-order valence-corrected chi connectivity index (χ1v) is 17.0. The van der Waals surface area contributed by atoms with Crippen LogP contribution in [0, 0.1) is 36.0 Å². The third kappa shape index (κ3) is 4.04. The van der Waals surface area contributed by atoms with Gasteiger partial charge in [-0.05, 0) is 80.0 Å². The van der Waals surface area contributed by atoms with E-state index in [-0.39, 0.29) is 24.0 Å². The minimum atomic E-state index is -1.32. The highest BCUT2D eigenvalue weighted by atomic mass is 35.5. The molecule has 1 N–H and O–H groups in total. The maximum absolute atomic E-state index is 14.8. The summed E-state index contributed by atoms with van der Waals surface area (Å²) in [6.07, 6.45) is 2.50. The van der Waals surface area contributed by atoms with Gasteiger partial charge in [-0.2, -0.15) is 5.10 Å². The van der Waals surface area contributed by atoms with Gasteiger partial charge in [0, 0.05) is 46.4 Å². The largest absolute Gasteiger partial charge is 0.508 e. The highest BCUT2D eigenvalue weighted by Gasteiger charge is 2.68. The van der Waals surface area contributed by atoms with Crippen molar-refractivity contribution in [2.75, 3.05) is 11.9 Å². The second-order valence-corrected chi connectivity index (χ2v) is 15.2. The van der Waals surface area contributed by atoms with Gasteiger partial charge in [0.2, 0.25) is 23.6 Å². The highest BCUT2D eigenvalue weighted by molar-refractivity contribution is 7.22. The molecule has 4 heterocycles. The van der Waals surface area contributed by atoms with Gasteiger partial charge in [0.15, 0.2) is 0 Å². The monoisotopic (exact) mass is 688 g/mol. The molecule has 4 aromatic rings. The number of imide groups is 2. The van der Waals surface area contributed by atoms with Gasteiger partial charge in [-0.3, -0.25) is 28.8 Å². The van der Waals surface area contributed by atoms with Gasteiger partial charge in [-0.1, -0.05) is 34.9 Å². The minimum absolute atomic E-state index is 0.0594. The number of aromatic nitrogens is 2. The van der Waals surface area contributed by atoms with Gasteiger partial charge >= 0.3 is 0 Å². The number of hydrogen-bond acceptors (Lipinski definition) is 7. The molecular formula is C35H30Cl2N4O5S. The number of phenolic OH excluding ortho intramolecular Hbond substituents is 1. The SMILES string of the molecule is Cc1c(-c2cc(N3C(=O)[C@@H]4C[C@@H]5C(=CC[C@@H]6C(=O)N(C)C(=O)[C@@H]65)[C@H](c5cc(Cl)ccc5O)[C@]4(C)C3=O)n(C)n2)sc2ccc(Cl)cc12. The van der Waals surface area contributed by atoms with Crippen molar-refractivity contribution >= 4 is 74.1 Å². The van der Waals surface area contributed by atoms with E-state index in [1.165, 1.54) is 22.9 Å². The first-order chi connectivity index (χ1) is 22.3. The summed E-state index contributed by atoms with van der Waals surface area (Å²) >= 11 is 14.3. The van der Waals surface area contributed by atoms with E-state index in [2.05, 4.69) is 0 Å². The van der Waals surface area contributed by atoms with E-state index >= 15 is 0 Å². The number of hydrogen-bond donors (Lipinski definition) is 1. The maximum atomic E-state index is 14.8. The summed E-state index contributed by atoms with van der Waals surface area (Å²) in [6.45, 7) is 3.77. The molecule has 4 amide bonds. The molecule has 2 saturated heterocycles. The zero-order valence-corrected chi connectivity index (χ0v) is 28.3. The number of benzene rings is 2. The number of aromatic hydroxyl groups is 1. The van der Waals surface area contributed by atoms with Gasteiger partial charge in [0.05, 0.1) is 28.0 Å². The van der Waals surface area contributed by atoms with Crippen LogP contribution in [0.4, 0.5) is 5.82 Å². The van der Waals surface area contributed by atoms with E-state index in [0.29, 0.717) is 33.5 Å². The van der Waals surface area contributed by atoms with E-state index in [0.717, 1.165) is 26.1 Å². The second kappa shape index (κ2) is 10.3. The lowest BCUT2D eigenvalue weighted by atomic mass is 9.51. The van der Waals surface area contributed by atoms with Crippen LogP contribution in [0.5, 0.6) is 5.75 Å². The van der Waals surface area contributed by atoms with Gasteiger partial charge in [0.1, 0.15) is 17.3 Å². The summed E-state index contributed by atoms with van der Waals surface area (Å²) in [5.41, 5.74) is 1.50. The number of phenols is 1. The molecule has 4 aliphatic rings. The van der Waals surface area contributed by atoms with Crippen molar-refractivity contribution in [1.82, 2.24) is 14.7 Å². The number of carbonyl (C=O) groups is 4. The number of nitrogens with zero attached hydrogens (tertiary/aromatic N) is 4. The molecule has 47 heavy (non-hydrogen) atoms. The topological polar surface area (TPSA) is 113 Å². The number of carbonyl (C=O) groups excluding carboxylic acids is 4. The first kappa shape index (κ1) is 30.4. The van der Waals surface area contributed by atoms with Gasteiger partial charge in [-0.15, -0.1) is 11.3 Å². The Labute approximate surface area is 284 Å². The molecule has 2 aromatic carbocycles. The number of amides is 4. The zero-order chi connectivity index (χ0) is 33.3. The molecular weight excluding hydrogens is 659 g/mol. The van der Waals surface area contributed by atoms with Crippen LogP contribution in [0.3, 0.4) is 0 Å². The van der Waals surface area contributed by atoms with Crippen LogP contribution < -0.4 is 4.90 Å². The standard InChI is InChI=1S/C35H30Cl2N4O5S/c1-15-20-11-17(37)6-10-26(20)47-30(15)24-14-27(40(4)38-24)41-32(44)23-13-21-18(7-8-19-28(21)33(45)39(3)31(19)43)29(35(23,2)34(41)46)22-12-16(36)5-9-25(22)42/h5-7,9-12,14,19,21,23,28-29,42H,8,13H2,1-4H3/t19-,21+,23-,28-,29+,35+/m0/s1. The Bertz CT molecular complexity index is 2140. The Kier molecular flexibility index (Phi) is 6.62. The van der Waals surface area contributed by atoms with Gasteiger partial charge in [0.25, 0.3) is 0 Å². The van der Waals surface area contributed by atoms with Crippen molar-refractivity contribution in [1.29, 1.82) is 0 Å². The number of aryl methyl sites for hydroxylation is 2. The number of likely N-dealkylation sites (tertiary alicyclic amines) is 1. The van der Waals surface area contributed by atoms with Crippen molar-refractivity contribution in [3.05, 3.63) is 75.3 Å². The molecule has 2 aliphatic heterocycles. The van der Waals surface area contributed by atoms with Crippen molar-refractivity contribution < 1.29 is 24.3 Å². The molecule has 240 valence electrons. The molecule has 3 fully saturated rings. The number of halogens is 2. The van der Waals surface area contributed by atoms with Crippen LogP contribution in [0.25, 0.3) is 20.7 Å². The van der Waals surface area contributed by atoms with Crippen molar-refractivity contribution in [2.24, 2.45) is 36.1 Å². The third-order valence-corrected chi connectivity index (χ3v) is 12.8. The number of allylic oxidation sites excluding steroid dienone is 2. The number of rotatable bonds is 3. The van der Waals surface area contributed by atoms with Crippen LogP contribution in [-0.4, -0.2) is 50.5 Å². The first-order valence-electron chi connectivity index (χ1n) is 15.4. The molecule has 1 saturated carbocycles. The van der Waals surface area contributed by atoms with Gasteiger partial charge in [-0.25, -0.2) is 4.90 Å². The Morgan fingerprint density at radius 1 is 0.957 bits per heavy atom. The Balaban J connectivity index is 1.27. The molecule has 0 radical (unpaired) electrons. The van der Waals surface area contributed by atoms with Crippen molar-refractivity contribution in [2.45, 2.75) is 32.6 Å². The number of fused-ring (bicyclic) bond motifs is 5. The van der Waals surface area contributed by atoms with Crippen molar-refractivity contribution in [3.63, 3.8) is 0 Å². The smallest absolute Gasteiger partial charge is 0.242 e. The van der Waals surface area contributed by atoms with Crippen LogP contribution in [-0.2, 0) is 26.2 Å². The lowest BCUT2D eigenvalue weighted by Gasteiger charge is -2.49. The third-order valence-electron chi connectivity index (χ3n) is 11.0. The van der Waals surface area contributed by atoms with Gasteiger partial charge < -0.3 is 5.11 Å². The Morgan fingerprint density at radius 2 is 1.68 bits per heavy atom. The molecule has 8 rings (SSSR count). The van der Waals surface area contributed by atoms with E-state index < -0.39 is 46.8 Å². The maximum Gasteiger partial charge on any atom is 0.242 e. The van der Waals surface area contributed by atoms with E-state index in [4.69, 9.17) is 28.3 Å². The molecule has 2 aromatic heterocycles. The minimum Gasteiger partial charge on any atom is -0.508 e. The fraction of sp³-hybridized carbons (Fsp3) is 0.343. The van der Waals surface area contributed by atoms with E-state index in [9.17, 15) is 24.3 Å². The molecule has 0 spiro atoms. The molecule has 2 aliphatic carbocycles. The normalized spacial score (nSPS) is 28.6. The zero-order valence-electron chi connectivity index (χ0n) is 26.0. The number of thiophene rings is 1. The molecule has 6 atom stereocenters. The summed E-state index contributed by atoms with van der Waals surface area (Å²) in [4.78, 5) is 59.3. The van der Waals surface area contributed by atoms with E-state index in [1.54, 1.807) is 48.2 Å². The molecule has 9 nitrogen and oxygen atoms in total.